The third-order valence-electron chi connectivity index (χ3n) is 1.21. The number of rotatable bonds is 2. The molecule has 0 saturated heterocycles. The first-order valence-corrected chi connectivity index (χ1v) is 4.09. The molecule has 1 rings (SSSR count). The van der Waals surface area contributed by atoms with Crippen LogP contribution >= 0.6 is 0 Å². The van der Waals surface area contributed by atoms with Gasteiger partial charge in [0.15, 0.2) is 0 Å². The quantitative estimate of drug-likeness (QED) is 0.569. The largest absolute Gasteiger partial charge is 0.483 e. The highest BCUT2D eigenvalue weighted by Crippen LogP contribution is 1.95. The molecule has 0 aliphatic rings. The van der Waals surface area contributed by atoms with E-state index in [-0.39, 0.29) is 18.2 Å². The highest BCUT2D eigenvalue weighted by atomic mass is 16.3. The van der Waals surface area contributed by atoms with Crippen LogP contribution in [0.15, 0.2) is 12.4 Å². The number of carboxylic acid groups (broad SMARTS) is 1. The molecule has 1 amide bonds. The summed E-state index contributed by atoms with van der Waals surface area (Å²) < 4.78 is 0. The van der Waals surface area contributed by atoms with Gasteiger partial charge in [-0.25, -0.2) is 9.97 Å². The number of nitrogens with one attached hydrogen (secondary N) is 1. The van der Waals surface area contributed by atoms with Crippen LogP contribution in [0.3, 0.4) is 0 Å². The molecule has 1 aromatic heterocycles. The second-order valence-corrected chi connectivity index (χ2v) is 2.30. The minimum atomic E-state index is -0.280. The molecule has 0 aromatic carbocycles. The van der Waals surface area contributed by atoms with Crippen LogP contribution in [0.4, 0.5) is 5.69 Å². The molecule has 0 saturated carbocycles. The predicted molar refractivity (Wildman–Crippen MR) is 53.1 cm³/mol. The van der Waals surface area contributed by atoms with Crippen molar-refractivity contribution in [2.45, 2.75) is 6.92 Å². The van der Waals surface area contributed by atoms with Crippen molar-refractivity contribution in [3.8, 4) is 0 Å². The summed E-state index contributed by atoms with van der Waals surface area (Å²) in [5, 5.41) is 9.47. The van der Waals surface area contributed by atoms with E-state index < -0.39 is 0 Å². The molecule has 0 fully saturated rings. The van der Waals surface area contributed by atoms with Crippen LogP contribution < -0.4 is 11.1 Å². The minimum absolute atomic E-state index is 0.144. The van der Waals surface area contributed by atoms with Gasteiger partial charge in [0.1, 0.15) is 0 Å². The Kier molecular flexibility index (Phi) is 6.19. The molecule has 1 heterocycles. The van der Waals surface area contributed by atoms with Gasteiger partial charge in [-0.05, 0) is 6.92 Å². The Balaban J connectivity index is 0.000000583. The number of anilines is 1. The van der Waals surface area contributed by atoms with Crippen LogP contribution in [-0.2, 0) is 4.79 Å². The summed E-state index contributed by atoms with van der Waals surface area (Å²) in [6.45, 7) is 2.14. The molecule has 7 heteroatoms. The second-order valence-electron chi connectivity index (χ2n) is 2.30. The van der Waals surface area contributed by atoms with E-state index >= 15 is 0 Å². The van der Waals surface area contributed by atoms with E-state index in [4.69, 9.17) is 15.6 Å². The molecular weight excluding hydrogens is 200 g/mol. The van der Waals surface area contributed by atoms with Crippen molar-refractivity contribution in [3.05, 3.63) is 18.2 Å². The number of nitrogens with zero attached hydrogens (tertiary/aromatic N) is 2. The normalized spacial score (nSPS) is 8.33. The van der Waals surface area contributed by atoms with Gasteiger partial charge < -0.3 is 16.2 Å². The predicted octanol–water partition coefficient (Wildman–Crippen LogP) is -0.491. The summed E-state index contributed by atoms with van der Waals surface area (Å²) in [4.78, 5) is 26.9. The number of carbonyl (C=O) groups is 2. The van der Waals surface area contributed by atoms with E-state index in [0.29, 0.717) is 12.2 Å². The third kappa shape index (κ3) is 5.19. The summed E-state index contributed by atoms with van der Waals surface area (Å²) in [7, 11) is 0. The van der Waals surface area contributed by atoms with Gasteiger partial charge in [0, 0.05) is 6.54 Å². The van der Waals surface area contributed by atoms with Gasteiger partial charge in [-0.1, -0.05) is 0 Å². The molecule has 0 bridgehead atoms. The Morgan fingerprint density at radius 2 is 2.07 bits per heavy atom. The molecule has 0 aliphatic heterocycles. The highest BCUT2D eigenvalue weighted by molar-refractivity contribution is 5.90. The Bertz CT molecular complexity index is 312. The lowest BCUT2D eigenvalue weighted by atomic mass is 10.5. The fraction of sp³-hybridized carbons (Fsp3) is 0.250. The van der Waals surface area contributed by atoms with Gasteiger partial charge in [-0.2, -0.15) is 0 Å². The lowest BCUT2D eigenvalue weighted by molar-refractivity contribution is -0.122. The van der Waals surface area contributed by atoms with Gasteiger partial charge in [0.05, 0.1) is 18.1 Å². The molecule has 82 valence electrons. The average Bonchev–Trinajstić information content (AvgIpc) is 2.20. The van der Waals surface area contributed by atoms with Gasteiger partial charge in [-0.3, -0.25) is 9.59 Å². The van der Waals surface area contributed by atoms with E-state index in [9.17, 15) is 4.79 Å². The van der Waals surface area contributed by atoms with Crippen molar-refractivity contribution in [1.82, 2.24) is 15.3 Å². The van der Waals surface area contributed by atoms with Gasteiger partial charge >= 0.3 is 0 Å². The van der Waals surface area contributed by atoms with Crippen LogP contribution in [0, 0.1) is 0 Å². The van der Waals surface area contributed by atoms with Crippen molar-refractivity contribution in [3.63, 3.8) is 0 Å². The number of amides is 1. The van der Waals surface area contributed by atoms with Crippen molar-refractivity contribution in [2.24, 2.45) is 0 Å². The number of aromatic nitrogens is 2. The Morgan fingerprint density at radius 1 is 1.60 bits per heavy atom. The van der Waals surface area contributed by atoms with E-state index in [0.717, 1.165) is 0 Å². The number of nitrogens with two attached hydrogens (primary N) is 1. The number of carbonyl (C=O) groups excluding carboxylic acids is 1. The SMILES string of the molecule is CCNC(=O)c1ncc(N)cn1.O=CO. The third-order valence-corrected chi connectivity index (χ3v) is 1.21. The van der Waals surface area contributed by atoms with Crippen LogP contribution in [0.1, 0.15) is 17.5 Å². The van der Waals surface area contributed by atoms with Crippen molar-refractivity contribution >= 4 is 18.1 Å². The topological polar surface area (TPSA) is 118 Å². The van der Waals surface area contributed by atoms with E-state index in [1.165, 1.54) is 12.4 Å². The Morgan fingerprint density at radius 3 is 2.47 bits per heavy atom. The zero-order valence-electron chi connectivity index (χ0n) is 8.17. The van der Waals surface area contributed by atoms with Gasteiger partial charge in [-0.15, -0.1) is 0 Å². The van der Waals surface area contributed by atoms with Crippen LogP contribution in [0.2, 0.25) is 0 Å². The zero-order valence-corrected chi connectivity index (χ0v) is 8.17. The molecule has 1 aromatic rings. The minimum Gasteiger partial charge on any atom is -0.483 e. The van der Waals surface area contributed by atoms with Crippen LogP contribution in [0.5, 0.6) is 0 Å². The molecule has 0 atom stereocenters. The highest BCUT2D eigenvalue weighted by Gasteiger charge is 2.05. The van der Waals surface area contributed by atoms with Crippen LogP contribution in [-0.4, -0.2) is 34.0 Å². The van der Waals surface area contributed by atoms with E-state index in [1.54, 1.807) is 0 Å². The average molecular weight is 212 g/mol. The maximum atomic E-state index is 11.1. The number of hydrogen-bond acceptors (Lipinski definition) is 5. The standard InChI is InChI=1S/C7H10N4O.CH2O2/c1-2-9-7(12)6-10-3-5(8)4-11-6;2-1-3/h3-4H,2,8H2,1H3,(H,9,12);1H,(H,2,3). The summed E-state index contributed by atoms with van der Waals surface area (Å²) in [5.74, 6) is -0.136. The van der Waals surface area contributed by atoms with Gasteiger partial charge in [0.25, 0.3) is 12.4 Å². The first kappa shape index (κ1) is 12.8. The van der Waals surface area contributed by atoms with E-state index in [2.05, 4.69) is 15.3 Å². The van der Waals surface area contributed by atoms with Gasteiger partial charge in [0.2, 0.25) is 5.82 Å². The summed E-state index contributed by atoms with van der Waals surface area (Å²) in [6.07, 6.45) is 2.80. The number of nitrogen functional groups attached to an aromatic ring is 1. The molecule has 0 spiro atoms. The lowest BCUT2D eigenvalue weighted by Gasteiger charge is -1.99. The fourth-order valence-electron chi connectivity index (χ4n) is 0.695. The molecule has 0 radical (unpaired) electrons. The molecule has 0 unspecified atom stereocenters. The van der Waals surface area contributed by atoms with Crippen molar-refractivity contribution in [2.75, 3.05) is 12.3 Å². The summed E-state index contributed by atoms with van der Waals surface area (Å²) in [6, 6.07) is 0. The number of hydrogen-bond donors (Lipinski definition) is 3. The van der Waals surface area contributed by atoms with Crippen LogP contribution in [0.25, 0.3) is 0 Å². The van der Waals surface area contributed by atoms with Crippen molar-refractivity contribution in [1.29, 1.82) is 0 Å². The molecule has 15 heavy (non-hydrogen) atoms. The fourth-order valence-corrected chi connectivity index (χ4v) is 0.695. The zero-order chi connectivity index (χ0) is 11.7. The first-order chi connectivity index (χ1) is 7.15. The second kappa shape index (κ2) is 7.25. The van der Waals surface area contributed by atoms with E-state index in [1.807, 2.05) is 6.92 Å². The van der Waals surface area contributed by atoms with Crippen molar-refractivity contribution < 1.29 is 14.7 Å². The maximum Gasteiger partial charge on any atom is 0.290 e. The summed E-state index contributed by atoms with van der Waals surface area (Å²) in [5.41, 5.74) is 5.79. The molecule has 7 nitrogen and oxygen atoms in total. The first-order valence-electron chi connectivity index (χ1n) is 4.09. The molecular formula is C8H12N4O3. The monoisotopic (exact) mass is 212 g/mol. The Labute approximate surface area is 86.3 Å². The maximum absolute atomic E-state index is 11.1. The smallest absolute Gasteiger partial charge is 0.290 e. The molecule has 4 N–H and O–H groups in total. The summed E-state index contributed by atoms with van der Waals surface area (Å²) >= 11 is 0. The lowest BCUT2D eigenvalue weighted by Crippen LogP contribution is -2.24. The molecule has 0 aliphatic carbocycles. The Hall–Kier alpha value is -2.18.